The van der Waals surface area contributed by atoms with E-state index in [1.807, 2.05) is 14.2 Å². The van der Waals surface area contributed by atoms with Crippen LogP contribution in [0.1, 0.15) is 57.8 Å². The summed E-state index contributed by atoms with van der Waals surface area (Å²) in [4.78, 5) is 4.43. The van der Waals surface area contributed by atoms with Crippen molar-refractivity contribution in [3.05, 3.63) is 0 Å². The van der Waals surface area contributed by atoms with Gasteiger partial charge in [0.25, 0.3) is 0 Å². The quantitative estimate of drug-likeness (QED) is 0.535. The van der Waals surface area contributed by atoms with Crippen LogP contribution in [0.4, 0.5) is 0 Å². The van der Waals surface area contributed by atoms with Crippen LogP contribution in [0.15, 0.2) is 4.99 Å². The predicted molar refractivity (Wildman–Crippen MR) is 91.1 cm³/mol. The summed E-state index contributed by atoms with van der Waals surface area (Å²) < 4.78 is 5.32. The Hall–Kier alpha value is -0.770. The van der Waals surface area contributed by atoms with E-state index < -0.39 is 0 Å². The summed E-state index contributed by atoms with van der Waals surface area (Å²) in [5, 5.41) is 7.20. The fraction of sp³-hybridized carbons (Fsp3) is 0.944. The van der Waals surface area contributed by atoms with Gasteiger partial charge in [0.05, 0.1) is 0 Å². The molecule has 3 rings (SSSR count). The average Bonchev–Trinajstić information content (AvgIpc) is 3.44. The van der Waals surface area contributed by atoms with Crippen molar-refractivity contribution >= 4 is 5.96 Å². The Morgan fingerprint density at radius 2 is 1.77 bits per heavy atom. The van der Waals surface area contributed by atoms with Crippen molar-refractivity contribution < 1.29 is 4.74 Å². The van der Waals surface area contributed by atoms with Gasteiger partial charge in [-0.15, -0.1) is 0 Å². The van der Waals surface area contributed by atoms with Crippen molar-refractivity contribution in [3.8, 4) is 0 Å². The number of nitrogens with one attached hydrogen (secondary N) is 2. The number of guanidine groups is 1. The van der Waals surface area contributed by atoms with Crippen LogP contribution in [0.25, 0.3) is 0 Å². The van der Waals surface area contributed by atoms with Crippen LogP contribution in [-0.2, 0) is 4.74 Å². The van der Waals surface area contributed by atoms with Gasteiger partial charge in [-0.2, -0.15) is 0 Å². The van der Waals surface area contributed by atoms with Crippen LogP contribution < -0.4 is 10.6 Å². The lowest BCUT2D eigenvalue weighted by atomic mass is 9.83. The molecule has 0 unspecified atom stereocenters. The molecule has 22 heavy (non-hydrogen) atoms. The Bertz CT molecular complexity index is 393. The van der Waals surface area contributed by atoms with Crippen LogP contribution in [0.2, 0.25) is 0 Å². The van der Waals surface area contributed by atoms with Gasteiger partial charge in [0.1, 0.15) is 0 Å². The van der Waals surface area contributed by atoms with E-state index in [9.17, 15) is 0 Å². The highest BCUT2D eigenvalue weighted by Gasteiger charge is 2.53. The molecule has 4 nitrogen and oxygen atoms in total. The van der Waals surface area contributed by atoms with E-state index >= 15 is 0 Å². The zero-order valence-corrected chi connectivity index (χ0v) is 14.4. The highest BCUT2D eigenvalue weighted by atomic mass is 16.5. The number of methoxy groups -OCH3 is 1. The van der Waals surface area contributed by atoms with E-state index in [1.54, 1.807) is 0 Å². The molecule has 0 spiro atoms. The maximum Gasteiger partial charge on any atom is 0.191 e. The molecule has 0 heterocycles. The highest BCUT2D eigenvalue weighted by molar-refractivity contribution is 5.79. The van der Waals surface area contributed by atoms with E-state index in [0.717, 1.165) is 31.6 Å². The van der Waals surface area contributed by atoms with Gasteiger partial charge in [-0.1, -0.05) is 12.8 Å². The normalized spacial score (nSPS) is 26.0. The third kappa shape index (κ3) is 3.76. The highest BCUT2D eigenvalue weighted by Crippen LogP contribution is 2.60. The number of hydrogen-bond acceptors (Lipinski definition) is 2. The molecule has 0 atom stereocenters. The van der Waals surface area contributed by atoms with Gasteiger partial charge < -0.3 is 15.4 Å². The van der Waals surface area contributed by atoms with Crippen molar-refractivity contribution in [2.24, 2.45) is 21.7 Å². The Balaban J connectivity index is 1.45. The smallest absolute Gasteiger partial charge is 0.191 e. The number of hydrogen-bond donors (Lipinski definition) is 2. The molecule has 0 radical (unpaired) electrons. The summed E-state index contributed by atoms with van der Waals surface area (Å²) >= 11 is 0. The Kier molecular flexibility index (Phi) is 4.96. The fourth-order valence-corrected chi connectivity index (χ4v) is 4.30. The summed E-state index contributed by atoms with van der Waals surface area (Å²) in [6.07, 6.45) is 12.3. The van der Waals surface area contributed by atoms with Crippen molar-refractivity contribution in [3.63, 3.8) is 0 Å². The standard InChI is InChI=1S/C18H33N3O/c1-19-16(21-14-18(9-10-18)15-5-6-15)20-13-17(11-12-22-2)7-3-4-8-17/h15H,3-14H2,1-2H3,(H2,19,20,21). The Morgan fingerprint density at radius 3 is 2.32 bits per heavy atom. The van der Waals surface area contributed by atoms with Gasteiger partial charge in [-0.05, 0) is 61.7 Å². The van der Waals surface area contributed by atoms with Crippen LogP contribution in [0, 0.1) is 16.7 Å². The molecule has 0 bridgehead atoms. The molecule has 3 fully saturated rings. The van der Waals surface area contributed by atoms with Gasteiger partial charge in [0.15, 0.2) is 5.96 Å². The molecule has 0 aromatic heterocycles. The first-order chi connectivity index (χ1) is 10.7. The molecular formula is C18H33N3O. The summed E-state index contributed by atoms with van der Waals surface area (Å²) in [6, 6.07) is 0. The van der Waals surface area contributed by atoms with E-state index in [4.69, 9.17) is 4.74 Å². The van der Waals surface area contributed by atoms with Gasteiger partial charge in [0, 0.05) is 33.9 Å². The van der Waals surface area contributed by atoms with Crippen molar-refractivity contribution in [1.82, 2.24) is 10.6 Å². The second-order valence-electron chi connectivity index (χ2n) is 7.87. The lowest BCUT2D eigenvalue weighted by molar-refractivity contribution is 0.138. The number of rotatable bonds is 8. The first-order valence-electron chi connectivity index (χ1n) is 9.15. The molecule has 0 aromatic carbocycles. The zero-order valence-electron chi connectivity index (χ0n) is 14.4. The van der Waals surface area contributed by atoms with E-state index in [2.05, 4.69) is 15.6 Å². The first-order valence-corrected chi connectivity index (χ1v) is 9.15. The fourth-order valence-electron chi connectivity index (χ4n) is 4.30. The third-order valence-corrected chi connectivity index (χ3v) is 6.30. The van der Waals surface area contributed by atoms with Gasteiger partial charge in [0.2, 0.25) is 0 Å². The summed E-state index contributed by atoms with van der Waals surface area (Å²) in [6.45, 7) is 3.02. The number of aliphatic imine (C=N–C) groups is 1. The molecule has 0 aromatic rings. The van der Waals surface area contributed by atoms with Gasteiger partial charge in [-0.25, -0.2) is 0 Å². The van der Waals surface area contributed by atoms with E-state index in [1.165, 1.54) is 57.8 Å². The topological polar surface area (TPSA) is 45.7 Å². The lowest BCUT2D eigenvalue weighted by Gasteiger charge is -2.30. The molecule has 0 amide bonds. The minimum absolute atomic E-state index is 0.418. The second kappa shape index (κ2) is 6.77. The molecule has 2 N–H and O–H groups in total. The minimum Gasteiger partial charge on any atom is -0.385 e. The molecule has 3 aliphatic rings. The SMILES string of the molecule is CN=C(NCC1(CCOC)CCCC1)NCC1(C2CC2)CC1. The molecule has 4 heteroatoms. The number of ether oxygens (including phenoxy) is 1. The largest absolute Gasteiger partial charge is 0.385 e. The zero-order chi connectivity index (χ0) is 15.5. The molecule has 3 saturated carbocycles. The molecule has 3 aliphatic carbocycles. The van der Waals surface area contributed by atoms with Crippen LogP contribution >= 0.6 is 0 Å². The second-order valence-corrected chi connectivity index (χ2v) is 7.87. The third-order valence-electron chi connectivity index (χ3n) is 6.30. The number of nitrogens with zero attached hydrogens (tertiary/aromatic N) is 1. The van der Waals surface area contributed by atoms with Crippen molar-refractivity contribution in [2.75, 3.05) is 33.9 Å². The van der Waals surface area contributed by atoms with Crippen LogP contribution in [0.5, 0.6) is 0 Å². The lowest BCUT2D eigenvalue weighted by Crippen LogP contribution is -2.45. The first kappa shape index (κ1) is 16.1. The molecule has 126 valence electrons. The maximum atomic E-state index is 5.32. The maximum absolute atomic E-state index is 5.32. The predicted octanol–water partition coefficient (Wildman–Crippen LogP) is 2.94. The van der Waals surface area contributed by atoms with Gasteiger partial charge in [-0.3, -0.25) is 4.99 Å². The van der Waals surface area contributed by atoms with Crippen LogP contribution in [0.3, 0.4) is 0 Å². The van der Waals surface area contributed by atoms with E-state index in [0.29, 0.717) is 10.8 Å². The summed E-state index contributed by atoms with van der Waals surface area (Å²) in [5.74, 6) is 2.00. The molecule has 0 aliphatic heterocycles. The summed E-state index contributed by atoms with van der Waals surface area (Å²) in [5.41, 5.74) is 1.04. The average molecular weight is 307 g/mol. The Morgan fingerprint density at radius 1 is 1.09 bits per heavy atom. The summed E-state index contributed by atoms with van der Waals surface area (Å²) in [7, 11) is 3.70. The van der Waals surface area contributed by atoms with E-state index in [-0.39, 0.29) is 0 Å². The Labute approximate surface area is 135 Å². The monoisotopic (exact) mass is 307 g/mol. The molecular weight excluding hydrogens is 274 g/mol. The molecule has 0 saturated heterocycles. The van der Waals surface area contributed by atoms with Gasteiger partial charge >= 0.3 is 0 Å². The minimum atomic E-state index is 0.418. The van der Waals surface area contributed by atoms with Crippen molar-refractivity contribution in [2.45, 2.75) is 57.8 Å². The van der Waals surface area contributed by atoms with Crippen LogP contribution in [-0.4, -0.2) is 39.8 Å². The van der Waals surface area contributed by atoms with Crippen molar-refractivity contribution in [1.29, 1.82) is 0 Å².